The quantitative estimate of drug-likeness (QED) is 0.239. The van der Waals surface area contributed by atoms with Gasteiger partial charge in [-0.05, 0) is 77.3 Å². The Morgan fingerprint density at radius 2 is 1.69 bits per heavy atom. The Bertz CT molecular complexity index is 1490. The maximum atomic E-state index is 12.5. The van der Waals surface area contributed by atoms with Gasteiger partial charge in [0.2, 0.25) is 5.96 Å². The minimum absolute atomic E-state index is 0.0370. The smallest absolute Gasteiger partial charge is 0.437 e. The number of aromatic nitrogens is 1. The summed E-state index contributed by atoms with van der Waals surface area (Å²) in [6, 6.07) is 14.1. The van der Waals surface area contributed by atoms with Gasteiger partial charge >= 0.3 is 12.2 Å². The fraction of sp³-hybridized carbons (Fsp3) is 0.452. The number of ether oxygens (including phenoxy) is 2. The number of nitrogens with zero attached hydrogens (tertiary/aromatic N) is 3. The summed E-state index contributed by atoms with van der Waals surface area (Å²) in [5, 5.41) is 7.98. The number of guanidine groups is 1. The summed E-state index contributed by atoms with van der Waals surface area (Å²) in [4.78, 5) is 31.3. The van der Waals surface area contributed by atoms with Crippen LogP contribution in [0, 0.1) is 0 Å². The summed E-state index contributed by atoms with van der Waals surface area (Å²) >= 11 is 12.4. The molecule has 0 spiro atoms. The number of benzene rings is 2. The third kappa shape index (κ3) is 8.63. The van der Waals surface area contributed by atoms with Crippen LogP contribution < -0.4 is 10.6 Å². The molecule has 4 rings (SSSR count). The number of alkyl carbamates (subject to hydrolysis) is 1. The van der Waals surface area contributed by atoms with E-state index in [1.54, 1.807) is 41.5 Å². The van der Waals surface area contributed by atoms with Crippen LogP contribution in [0.2, 0.25) is 10.0 Å². The highest BCUT2D eigenvalue weighted by Crippen LogP contribution is 2.32. The normalized spacial score (nSPS) is 14.4. The lowest BCUT2D eigenvalue weighted by Crippen LogP contribution is -2.45. The van der Waals surface area contributed by atoms with Crippen molar-refractivity contribution < 1.29 is 19.1 Å². The number of carbonyl (C=O) groups excluding carboxylic acids is 2. The van der Waals surface area contributed by atoms with Crippen molar-refractivity contribution in [2.45, 2.75) is 78.8 Å². The molecule has 0 bridgehead atoms. The van der Waals surface area contributed by atoms with Crippen LogP contribution in [0.4, 0.5) is 9.59 Å². The molecular formula is C31H39Cl2N5O4. The number of para-hydroxylation sites is 1. The molecule has 2 aromatic carbocycles. The van der Waals surface area contributed by atoms with Gasteiger partial charge in [-0.2, -0.15) is 0 Å². The summed E-state index contributed by atoms with van der Waals surface area (Å²) < 4.78 is 13.0. The van der Waals surface area contributed by atoms with Crippen LogP contribution in [0.5, 0.6) is 0 Å². The molecule has 0 aliphatic carbocycles. The van der Waals surface area contributed by atoms with E-state index >= 15 is 0 Å². The molecule has 0 fully saturated rings. The van der Waals surface area contributed by atoms with Crippen molar-refractivity contribution in [2.75, 3.05) is 13.1 Å². The first-order chi connectivity index (χ1) is 19.7. The molecule has 226 valence electrons. The molecule has 1 aliphatic rings. The fourth-order valence-electron chi connectivity index (χ4n) is 4.91. The van der Waals surface area contributed by atoms with E-state index in [2.05, 4.69) is 43.3 Å². The molecule has 2 heterocycles. The molecule has 0 saturated heterocycles. The van der Waals surface area contributed by atoms with Gasteiger partial charge in [-0.3, -0.25) is 10.2 Å². The van der Waals surface area contributed by atoms with Gasteiger partial charge in [-0.25, -0.2) is 9.59 Å². The number of carbonyl (C=O) groups is 2. The third-order valence-electron chi connectivity index (χ3n) is 6.48. The lowest BCUT2D eigenvalue weighted by Gasteiger charge is -2.29. The lowest BCUT2D eigenvalue weighted by atomic mass is 10.0. The third-order valence-corrected chi connectivity index (χ3v) is 7.22. The molecular weight excluding hydrogens is 577 g/mol. The van der Waals surface area contributed by atoms with Crippen molar-refractivity contribution in [2.24, 2.45) is 4.99 Å². The molecule has 2 N–H and O–H groups in total. The number of aliphatic imine (C=N–C) groups is 1. The predicted molar refractivity (Wildman–Crippen MR) is 167 cm³/mol. The molecule has 11 heteroatoms. The van der Waals surface area contributed by atoms with Crippen molar-refractivity contribution in [1.29, 1.82) is 0 Å². The lowest BCUT2D eigenvalue weighted by molar-refractivity contribution is 0.0560. The standard InChI is InChI=1S/C31H39Cl2N5O4/c1-30(2,3)41-28(39)35-27(36-29(40)42-31(4,5)6)34-14-16-38-25-10-8-7-9-21(25)22-13-15-37(19-26(22)38)18-20-11-12-23(32)24(33)17-20/h7-12,17H,13-16,18-19H2,1-6H3,(H2,34,35,36,39,40). The second-order valence-corrected chi connectivity index (χ2v) is 13.1. The van der Waals surface area contributed by atoms with Crippen molar-refractivity contribution in [1.82, 2.24) is 20.1 Å². The SMILES string of the molecule is CC(C)(C)OC(=O)/N=C(/NCCn1c2c(c3ccccc31)CCN(Cc1ccc(Cl)c(Cl)c1)C2)NC(=O)OC(C)(C)C. The number of hydrogen-bond donors (Lipinski definition) is 2. The van der Waals surface area contributed by atoms with Gasteiger partial charge in [0.1, 0.15) is 11.2 Å². The van der Waals surface area contributed by atoms with Crippen molar-refractivity contribution in [3.05, 3.63) is 69.3 Å². The van der Waals surface area contributed by atoms with Crippen LogP contribution in [0.25, 0.3) is 10.9 Å². The molecule has 0 atom stereocenters. The van der Waals surface area contributed by atoms with Crippen molar-refractivity contribution >= 4 is 52.3 Å². The Balaban J connectivity index is 1.53. The zero-order valence-electron chi connectivity index (χ0n) is 25.0. The van der Waals surface area contributed by atoms with E-state index in [4.69, 9.17) is 32.7 Å². The molecule has 9 nitrogen and oxygen atoms in total. The van der Waals surface area contributed by atoms with Crippen molar-refractivity contribution in [3.8, 4) is 0 Å². The average Bonchev–Trinajstić information content (AvgIpc) is 3.17. The van der Waals surface area contributed by atoms with Crippen LogP contribution in [0.15, 0.2) is 47.5 Å². The van der Waals surface area contributed by atoms with Gasteiger partial charge in [0.25, 0.3) is 0 Å². The topological polar surface area (TPSA) is 97.2 Å². The molecule has 2 amide bonds. The van der Waals surface area contributed by atoms with Crippen LogP contribution in [0.3, 0.4) is 0 Å². The highest BCUT2D eigenvalue weighted by molar-refractivity contribution is 6.42. The fourth-order valence-corrected chi connectivity index (χ4v) is 5.23. The second kappa shape index (κ2) is 12.9. The van der Waals surface area contributed by atoms with E-state index in [0.29, 0.717) is 23.1 Å². The van der Waals surface area contributed by atoms with Gasteiger partial charge < -0.3 is 19.4 Å². The molecule has 3 aromatic rings. The molecule has 0 unspecified atom stereocenters. The Hall–Kier alpha value is -3.27. The first-order valence-electron chi connectivity index (χ1n) is 14.0. The van der Waals surface area contributed by atoms with E-state index < -0.39 is 23.4 Å². The van der Waals surface area contributed by atoms with Gasteiger partial charge in [0.15, 0.2) is 0 Å². The maximum absolute atomic E-state index is 12.5. The Labute approximate surface area is 257 Å². The Morgan fingerprint density at radius 3 is 2.38 bits per heavy atom. The van der Waals surface area contributed by atoms with Crippen LogP contribution >= 0.6 is 23.2 Å². The van der Waals surface area contributed by atoms with Crippen LogP contribution in [-0.2, 0) is 35.5 Å². The molecule has 0 radical (unpaired) electrons. The van der Waals surface area contributed by atoms with E-state index in [9.17, 15) is 9.59 Å². The molecule has 0 saturated carbocycles. The summed E-state index contributed by atoms with van der Waals surface area (Å²) in [5.74, 6) is -0.0370. The minimum Gasteiger partial charge on any atom is -0.444 e. The number of nitrogens with one attached hydrogen (secondary N) is 2. The van der Waals surface area contributed by atoms with E-state index in [0.717, 1.165) is 37.1 Å². The number of rotatable bonds is 5. The van der Waals surface area contributed by atoms with Gasteiger partial charge in [-0.15, -0.1) is 4.99 Å². The summed E-state index contributed by atoms with van der Waals surface area (Å²) in [5.41, 5.74) is 3.36. The highest BCUT2D eigenvalue weighted by atomic mass is 35.5. The number of fused-ring (bicyclic) bond motifs is 3. The Kier molecular flexibility index (Phi) is 9.75. The summed E-state index contributed by atoms with van der Waals surface area (Å²) in [7, 11) is 0. The summed E-state index contributed by atoms with van der Waals surface area (Å²) in [6.45, 7) is 13.9. The monoisotopic (exact) mass is 615 g/mol. The highest BCUT2D eigenvalue weighted by Gasteiger charge is 2.25. The molecule has 1 aliphatic heterocycles. The Morgan fingerprint density at radius 1 is 0.976 bits per heavy atom. The van der Waals surface area contributed by atoms with E-state index in [1.807, 2.05) is 24.3 Å². The van der Waals surface area contributed by atoms with Gasteiger partial charge in [-0.1, -0.05) is 47.5 Å². The van der Waals surface area contributed by atoms with Crippen LogP contribution in [-0.4, -0.2) is 51.9 Å². The molecule has 42 heavy (non-hydrogen) atoms. The van der Waals surface area contributed by atoms with Crippen LogP contribution in [0.1, 0.15) is 58.4 Å². The largest absolute Gasteiger partial charge is 0.444 e. The van der Waals surface area contributed by atoms with Gasteiger partial charge in [0.05, 0.1) is 10.0 Å². The average molecular weight is 617 g/mol. The first-order valence-corrected chi connectivity index (χ1v) is 14.7. The first kappa shape index (κ1) is 31.7. The maximum Gasteiger partial charge on any atom is 0.437 e. The van der Waals surface area contributed by atoms with E-state index in [1.165, 1.54) is 16.6 Å². The van der Waals surface area contributed by atoms with E-state index in [-0.39, 0.29) is 5.96 Å². The predicted octanol–water partition coefficient (Wildman–Crippen LogP) is 6.91. The number of amides is 2. The number of halogens is 2. The molecule has 1 aromatic heterocycles. The zero-order valence-corrected chi connectivity index (χ0v) is 26.5. The minimum atomic E-state index is -0.817. The second-order valence-electron chi connectivity index (χ2n) is 12.3. The summed E-state index contributed by atoms with van der Waals surface area (Å²) in [6.07, 6.45) is -0.620. The zero-order chi connectivity index (χ0) is 30.7. The van der Waals surface area contributed by atoms with Gasteiger partial charge in [0, 0.05) is 49.3 Å². The number of hydrogen-bond acceptors (Lipinski definition) is 5. The van der Waals surface area contributed by atoms with Crippen molar-refractivity contribution in [3.63, 3.8) is 0 Å².